The van der Waals surface area contributed by atoms with Gasteiger partial charge in [-0.05, 0) is 52.0 Å². The number of carboxylic acid groups (broad SMARTS) is 1. The molecule has 0 saturated heterocycles. The Morgan fingerprint density at radius 2 is 2.19 bits per heavy atom. The Kier molecular flexibility index (Phi) is 7.32. The Bertz CT molecular complexity index is 425. The predicted octanol–water partition coefficient (Wildman–Crippen LogP) is 1.79. The van der Waals surface area contributed by atoms with Crippen LogP contribution >= 0.6 is 0 Å². The molecule has 0 aliphatic carbocycles. The third kappa shape index (κ3) is 6.23. The number of nitrogens with one attached hydrogen (secondary N) is 1. The second-order valence-electron chi connectivity index (χ2n) is 5.65. The first-order valence-electron chi connectivity index (χ1n) is 7.55. The second kappa shape index (κ2) is 8.74. The van der Waals surface area contributed by atoms with Crippen molar-refractivity contribution in [3.05, 3.63) is 30.1 Å². The normalized spacial score (nSPS) is 14.1. The number of rotatable bonds is 10. The van der Waals surface area contributed by atoms with E-state index in [9.17, 15) is 9.90 Å². The van der Waals surface area contributed by atoms with Gasteiger partial charge in [0, 0.05) is 24.9 Å². The highest BCUT2D eigenvalue weighted by molar-refractivity contribution is 5.78. The second-order valence-corrected chi connectivity index (χ2v) is 5.65. The maximum absolute atomic E-state index is 11.3. The van der Waals surface area contributed by atoms with Crippen LogP contribution in [-0.4, -0.2) is 53.2 Å². The molecule has 1 aromatic heterocycles. The highest BCUT2D eigenvalue weighted by Crippen LogP contribution is 2.13. The summed E-state index contributed by atoms with van der Waals surface area (Å²) in [4.78, 5) is 17.8. The molecule has 0 amide bonds. The van der Waals surface area contributed by atoms with Gasteiger partial charge in [-0.1, -0.05) is 13.0 Å². The molecule has 0 aliphatic heterocycles. The van der Waals surface area contributed by atoms with Gasteiger partial charge in [0.25, 0.3) is 0 Å². The summed E-state index contributed by atoms with van der Waals surface area (Å²) in [5.41, 5.74) is 0.267. The van der Waals surface area contributed by atoms with E-state index in [0.717, 1.165) is 31.6 Å². The number of hydrogen-bond acceptors (Lipinski definition) is 4. The smallest absolute Gasteiger partial charge is 0.323 e. The lowest BCUT2D eigenvalue weighted by molar-refractivity contribution is -0.144. The minimum atomic E-state index is -0.823. The van der Waals surface area contributed by atoms with Crippen molar-refractivity contribution in [3.8, 4) is 0 Å². The van der Waals surface area contributed by atoms with E-state index in [0.29, 0.717) is 13.0 Å². The van der Waals surface area contributed by atoms with E-state index in [1.165, 1.54) is 0 Å². The molecule has 0 bridgehead atoms. The minimum absolute atomic E-state index is 0.629. The lowest BCUT2D eigenvalue weighted by Gasteiger charge is -2.26. The first-order valence-corrected chi connectivity index (χ1v) is 7.55. The Morgan fingerprint density at radius 3 is 2.76 bits per heavy atom. The summed E-state index contributed by atoms with van der Waals surface area (Å²) in [6.07, 6.45) is 4.21. The van der Waals surface area contributed by atoms with Gasteiger partial charge in [0.05, 0.1) is 0 Å². The van der Waals surface area contributed by atoms with Crippen LogP contribution in [0.25, 0.3) is 0 Å². The van der Waals surface area contributed by atoms with Crippen molar-refractivity contribution < 1.29 is 9.90 Å². The molecule has 118 valence electrons. The average molecular weight is 293 g/mol. The number of aromatic nitrogens is 1. The number of nitrogens with zero attached hydrogens (tertiary/aromatic N) is 2. The number of likely N-dealkylation sites (N-methyl/N-ethyl adjacent to an activating group) is 2. The summed E-state index contributed by atoms with van der Waals surface area (Å²) in [5, 5.41) is 12.4. The number of carbonyl (C=O) groups is 1. The van der Waals surface area contributed by atoms with Crippen molar-refractivity contribution >= 4 is 5.97 Å². The highest BCUT2D eigenvalue weighted by atomic mass is 16.4. The van der Waals surface area contributed by atoms with Gasteiger partial charge in [-0.2, -0.15) is 0 Å². The fourth-order valence-electron chi connectivity index (χ4n) is 2.33. The molecule has 1 rings (SSSR count). The summed E-state index contributed by atoms with van der Waals surface area (Å²) in [6, 6.07) is 5.94. The van der Waals surface area contributed by atoms with Crippen LogP contribution in [0.3, 0.4) is 0 Å². The largest absolute Gasteiger partial charge is 0.480 e. The Balaban J connectivity index is 2.29. The van der Waals surface area contributed by atoms with Gasteiger partial charge in [0.2, 0.25) is 0 Å². The van der Waals surface area contributed by atoms with Crippen molar-refractivity contribution in [3.63, 3.8) is 0 Å². The number of carboxylic acids is 1. The molecule has 5 nitrogen and oxygen atoms in total. The minimum Gasteiger partial charge on any atom is -0.480 e. The van der Waals surface area contributed by atoms with Gasteiger partial charge in [-0.25, -0.2) is 0 Å². The van der Waals surface area contributed by atoms with Crippen molar-refractivity contribution in [1.82, 2.24) is 15.2 Å². The zero-order chi connectivity index (χ0) is 15.7. The topological polar surface area (TPSA) is 65.5 Å². The quantitative estimate of drug-likeness (QED) is 0.688. The lowest BCUT2D eigenvalue weighted by Crippen LogP contribution is -2.49. The summed E-state index contributed by atoms with van der Waals surface area (Å²) in [5.74, 6) is -0.777. The molecule has 2 N–H and O–H groups in total. The molecule has 1 unspecified atom stereocenters. The molecule has 1 atom stereocenters. The summed E-state index contributed by atoms with van der Waals surface area (Å²) in [7, 11) is 2.06. The molecule has 1 aromatic rings. The number of aliphatic carboxylic acids is 1. The molecule has 5 heteroatoms. The molecule has 1 heterocycles. The molecular weight excluding hydrogens is 266 g/mol. The van der Waals surface area contributed by atoms with Crippen LogP contribution in [-0.2, 0) is 11.2 Å². The third-order valence-electron chi connectivity index (χ3n) is 3.73. The SMILES string of the molecule is CCNC(C)(CCCN(C)CCc1ccccn1)C(=O)O. The van der Waals surface area contributed by atoms with E-state index >= 15 is 0 Å². The molecule has 21 heavy (non-hydrogen) atoms. The van der Waals surface area contributed by atoms with Crippen LogP contribution in [0.5, 0.6) is 0 Å². The molecule has 0 spiro atoms. The fraction of sp³-hybridized carbons (Fsp3) is 0.625. The predicted molar refractivity (Wildman–Crippen MR) is 84.4 cm³/mol. The zero-order valence-electron chi connectivity index (χ0n) is 13.3. The third-order valence-corrected chi connectivity index (χ3v) is 3.73. The van der Waals surface area contributed by atoms with Crippen LogP contribution < -0.4 is 5.32 Å². The number of hydrogen-bond donors (Lipinski definition) is 2. The average Bonchev–Trinajstić information content (AvgIpc) is 2.46. The molecule has 0 saturated carbocycles. The molecular formula is C16H27N3O2. The number of pyridine rings is 1. The van der Waals surface area contributed by atoms with Crippen molar-refractivity contribution in [2.45, 2.75) is 38.6 Å². The van der Waals surface area contributed by atoms with Crippen LogP contribution in [0, 0.1) is 0 Å². The molecule has 0 aliphatic rings. The maximum Gasteiger partial charge on any atom is 0.323 e. The maximum atomic E-state index is 11.3. The van der Waals surface area contributed by atoms with E-state index in [2.05, 4.69) is 22.2 Å². The first kappa shape index (κ1) is 17.6. The van der Waals surface area contributed by atoms with E-state index in [4.69, 9.17) is 0 Å². The van der Waals surface area contributed by atoms with Crippen LogP contribution in [0.1, 0.15) is 32.4 Å². The van der Waals surface area contributed by atoms with E-state index in [-0.39, 0.29) is 0 Å². The van der Waals surface area contributed by atoms with Gasteiger partial charge in [-0.15, -0.1) is 0 Å². The van der Waals surface area contributed by atoms with Crippen LogP contribution in [0.4, 0.5) is 0 Å². The van der Waals surface area contributed by atoms with Crippen molar-refractivity contribution in [2.75, 3.05) is 26.7 Å². The molecule has 0 radical (unpaired) electrons. The van der Waals surface area contributed by atoms with Gasteiger partial charge in [0.15, 0.2) is 0 Å². The van der Waals surface area contributed by atoms with Gasteiger partial charge >= 0.3 is 5.97 Å². The van der Waals surface area contributed by atoms with Crippen LogP contribution in [0.2, 0.25) is 0 Å². The summed E-state index contributed by atoms with van der Waals surface area (Å²) >= 11 is 0. The van der Waals surface area contributed by atoms with E-state index in [1.807, 2.05) is 31.3 Å². The summed E-state index contributed by atoms with van der Waals surface area (Å²) in [6.45, 7) is 6.17. The fourth-order valence-corrected chi connectivity index (χ4v) is 2.33. The Morgan fingerprint density at radius 1 is 1.43 bits per heavy atom. The van der Waals surface area contributed by atoms with Gasteiger partial charge in [-0.3, -0.25) is 9.78 Å². The van der Waals surface area contributed by atoms with Crippen molar-refractivity contribution in [1.29, 1.82) is 0 Å². The van der Waals surface area contributed by atoms with Gasteiger partial charge in [0.1, 0.15) is 5.54 Å². The van der Waals surface area contributed by atoms with E-state index < -0.39 is 11.5 Å². The Labute approximate surface area is 127 Å². The standard InChI is InChI=1S/C16H27N3O2/c1-4-18-16(2,15(20)21)10-7-12-19(3)13-9-14-8-5-6-11-17-14/h5-6,8,11,18H,4,7,9-10,12-13H2,1-3H3,(H,20,21). The van der Waals surface area contributed by atoms with E-state index in [1.54, 1.807) is 6.92 Å². The van der Waals surface area contributed by atoms with Gasteiger partial charge < -0.3 is 15.3 Å². The summed E-state index contributed by atoms with van der Waals surface area (Å²) < 4.78 is 0. The molecule has 0 aromatic carbocycles. The first-order chi connectivity index (χ1) is 9.98. The molecule has 0 fully saturated rings. The van der Waals surface area contributed by atoms with Crippen molar-refractivity contribution in [2.24, 2.45) is 0 Å². The highest BCUT2D eigenvalue weighted by Gasteiger charge is 2.31. The monoisotopic (exact) mass is 293 g/mol. The van der Waals surface area contributed by atoms with Crippen LogP contribution in [0.15, 0.2) is 24.4 Å². The zero-order valence-corrected chi connectivity index (χ0v) is 13.3. The Hall–Kier alpha value is -1.46. The lowest BCUT2D eigenvalue weighted by atomic mass is 9.95.